The number of hydrogen-bond donors (Lipinski definition) is 8. The fourth-order valence-corrected chi connectivity index (χ4v) is 9.73. The van der Waals surface area contributed by atoms with E-state index in [2.05, 4.69) is 36.2 Å². The lowest BCUT2D eigenvalue weighted by atomic mass is 9.89. The summed E-state index contributed by atoms with van der Waals surface area (Å²) < 4.78 is 0. The van der Waals surface area contributed by atoms with Gasteiger partial charge in [0.1, 0.15) is 17.9 Å². The maximum atomic E-state index is 15.0. The molecule has 0 saturated carbocycles. The minimum absolute atomic E-state index is 0.0810. The van der Waals surface area contributed by atoms with E-state index in [0.717, 1.165) is 71.6 Å². The molecule has 4 amide bonds. The largest absolute Gasteiger partial charge is 0.370 e. The van der Waals surface area contributed by atoms with Gasteiger partial charge in [0.2, 0.25) is 23.6 Å². The van der Waals surface area contributed by atoms with Crippen LogP contribution in [0.1, 0.15) is 47.9 Å². The van der Waals surface area contributed by atoms with Gasteiger partial charge in [0, 0.05) is 71.3 Å². The molecule has 0 spiro atoms. The first-order chi connectivity index (χ1) is 36.0. The van der Waals surface area contributed by atoms with Crippen molar-refractivity contribution in [3.8, 4) is 0 Å². The third kappa shape index (κ3) is 12.7. The van der Waals surface area contributed by atoms with Gasteiger partial charge in [0.15, 0.2) is 5.78 Å². The van der Waals surface area contributed by atoms with E-state index in [1.165, 1.54) is 0 Å². The van der Waals surface area contributed by atoms with Crippen LogP contribution in [0.2, 0.25) is 0 Å². The molecule has 376 valence electrons. The summed E-state index contributed by atoms with van der Waals surface area (Å²) in [5.74, 6) is -2.92. The molecule has 0 aliphatic heterocycles. The summed E-state index contributed by atoms with van der Waals surface area (Å²) in [5.41, 5.74) is 18.4. The summed E-state index contributed by atoms with van der Waals surface area (Å²) in [6.45, 7) is 0.587. The molecule has 9 rings (SSSR count). The van der Waals surface area contributed by atoms with Crippen molar-refractivity contribution in [3.63, 3.8) is 0 Å². The molecule has 6 aromatic carbocycles. The molecule has 0 aliphatic carbocycles. The number of pyridine rings is 1. The van der Waals surface area contributed by atoms with Gasteiger partial charge in [-0.15, -0.1) is 0 Å². The minimum atomic E-state index is -1.14. The van der Waals surface area contributed by atoms with Crippen molar-refractivity contribution in [2.75, 3.05) is 11.9 Å². The summed E-state index contributed by atoms with van der Waals surface area (Å²) in [6.07, 6.45) is 5.47. The third-order valence-corrected chi connectivity index (χ3v) is 13.8. The molecule has 0 unspecified atom stereocenters. The molecule has 3 heterocycles. The fourth-order valence-electron chi connectivity index (χ4n) is 9.73. The molecule has 14 heteroatoms. The number of fused-ring (bicyclic) bond motifs is 4. The van der Waals surface area contributed by atoms with Gasteiger partial charge >= 0.3 is 0 Å². The minimum Gasteiger partial charge on any atom is -0.370 e. The number of rotatable bonds is 24. The number of aromatic amines is 2. The maximum absolute atomic E-state index is 15.0. The average Bonchev–Trinajstić information content (AvgIpc) is 4.03. The molecule has 5 atom stereocenters. The van der Waals surface area contributed by atoms with Gasteiger partial charge in [0.05, 0.1) is 17.6 Å². The van der Waals surface area contributed by atoms with Gasteiger partial charge in [-0.1, -0.05) is 127 Å². The highest BCUT2D eigenvalue weighted by Crippen LogP contribution is 2.24. The third-order valence-electron chi connectivity index (χ3n) is 13.8. The molecule has 0 radical (unpaired) electrons. The predicted molar refractivity (Wildman–Crippen MR) is 292 cm³/mol. The molecule has 10 N–H and O–H groups in total. The number of unbranched alkanes of at least 4 members (excludes halogenated alkanes) is 1. The van der Waals surface area contributed by atoms with Crippen molar-refractivity contribution in [1.82, 2.24) is 30.9 Å². The van der Waals surface area contributed by atoms with E-state index in [0.29, 0.717) is 19.4 Å². The number of nitrogens with zero attached hydrogens (tertiary/aromatic N) is 1. The van der Waals surface area contributed by atoms with Crippen LogP contribution >= 0.6 is 0 Å². The Hall–Kier alpha value is -8.62. The van der Waals surface area contributed by atoms with Crippen molar-refractivity contribution >= 4 is 78.7 Å². The number of nitrogens with one attached hydrogen (secondary N) is 6. The number of Topliss-reactive ketones (excluding diaryl/α,β-unsaturated/α-hetero) is 1. The number of benzene rings is 6. The first-order valence-electron chi connectivity index (χ1n) is 25.2. The van der Waals surface area contributed by atoms with Crippen molar-refractivity contribution in [2.45, 2.75) is 75.5 Å². The van der Waals surface area contributed by atoms with Gasteiger partial charge in [-0.25, -0.2) is 4.98 Å². The lowest BCUT2D eigenvalue weighted by molar-refractivity contribution is -0.134. The Labute approximate surface area is 429 Å². The summed E-state index contributed by atoms with van der Waals surface area (Å²) in [4.78, 5) is 82.5. The molecule has 14 nitrogen and oxygen atoms in total. The number of ketones is 1. The molecule has 0 saturated heterocycles. The first kappa shape index (κ1) is 50.3. The number of carbonyl (C=O) groups excluding carboxylic acids is 5. The summed E-state index contributed by atoms with van der Waals surface area (Å²) in [5, 5.41) is 17.1. The molecule has 74 heavy (non-hydrogen) atoms. The smallest absolute Gasteiger partial charge is 0.243 e. The van der Waals surface area contributed by atoms with E-state index in [1.54, 1.807) is 0 Å². The first-order valence-corrected chi connectivity index (χ1v) is 25.2. The number of nitrogens with two attached hydrogens (primary N) is 2. The Balaban J connectivity index is 0.939. The lowest BCUT2D eigenvalue weighted by Gasteiger charge is -2.26. The number of H-pyrrole nitrogens is 2. The number of primary amides is 1. The van der Waals surface area contributed by atoms with Crippen LogP contribution < -0.4 is 32.7 Å². The van der Waals surface area contributed by atoms with Crippen LogP contribution in [-0.4, -0.2) is 75.1 Å². The van der Waals surface area contributed by atoms with Crippen LogP contribution in [0, 0.1) is 5.92 Å². The monoisotopic (exact) mass is 987 g/mol. The number of amides is 4. The zero-order valence-electron chi connectivity index (χ0n) is 41.1. The highest BCUT2D eigenvalue weighted by atomic mass is 16.2. The number of aromatic nitrogens is 3. The van der Waals surface area contributed by atoms with Crippen LogP contribution in [0.15, 0.2) is 170 Å². The number of hydrogen-bond acceptors (Lipinski definition) is 8. The second-order valence-corrected chi connectivity index (χ2v) is 19.1. The molecule has 0 aliphatic rings. The van der Waals surface area contributed by atoms with Crippen LogP contribution in [0.5, 0.6) is 0 Å². The van der Waals surface area contributed by atoms with Crippen LogP contribution in [0.4, 0.5) is 5.82 Å². The van der Waals surface area contributed by atoms with E-state index in [1.807, 2.05) is 170 Å². The summed E-state index contributed by atoms with van der Waals surface area (Å²) in [6, 6.07) is 46.0. The van der Waals surface area contributed by atoms with Crippen molar-refractivity contribution in [2.24, 2.45) is 17.4 Å². The molecular formula is C60H61N9O5. The zero-order valence-corrected chi connectivity index (χ0v) is 41.1. The Morgan fingerprint density at radius 2 is 1.14 bits per heavy atom. The topological polar surface area (TPSA) is 230 Å². The lowest BCUT2D eigenvalue weighted by Crippen LogP contribution is -2.56. The number of para-hydroxylation sites is 3. The quantitative estimate of drug-likeness (QED) is 0.0279. The van der Waals surface area contributed by atoms with Crippen LogP contribution in [0.3, 0.4) is 0 Å². The Morgan fingerprint density at radius 1 is 0.527 bits per heavy atom. The van der Waals surface area contributed by atoms with Gasteiger partial charge in [-0.05, 0) is 95.5 Å². The normalized spacial score (nSPS) is 13.5. The second-order valence-electron chi connectivity index (χ2n) is 19.1. The Kier molecular flexibility index (Phi) is 16.1. The van der Waals surface area contributed by atoms with E-state index in [4.69, 9.17) is 11.5 Å². The van der Waals surface area contributed by atoms with Gasteiger partial charge in [-0.3, -0.25) is 24.0 Å². The van der Waals surface area contributed by atoms with Gasteiger partial charge < -0.3 is 42.7 Å². The SMILES string of the molecule is NC(=O)[C@H](CCCCNc1ccc2ccccc2n1)NC(=O)[C@H](CC(=O)[C@H](Cc1c[nH]c2ccccc12)NC(=O)[C@@H](Cc1ccc2ccccc2c1)NC(=O)[C@H](N)Cc1c[nH]c2ccccc12)Cc1ccccc1. The van der Waals surface area contributed by atoms with E-state index < -0.39 is 59.5 Å². The zero-order chi connectivity index (χ0) is 51.4. The average molecular weight is 988 g/mol. The van der Waals surface area contributed by atoms with Gasteiger partial charge in [-0.2, -0.15) is 0 Å². The van der Waals surface area contributed by atoms with Crippen LogP contribution in [-0.2, 0) is 49.7 Å². The van der Waals surface area contributed by atoms with E-state index in [9.17, 15) is 19.2 Å². The van der Waals surface area contributed by atoms with Gasteiger partial charge in [0.25, 0.3) is 0 Å². The van der Waals surface area contributed by atoms with E-state index >= 15 is 4.79 Å². The van der Waals surface area contributed by atoms with Crippen molar-refractivity contribution in [1.29, 1.82) is 0 Å². The molecular weight excluding hydrogens is 927 g/mol. The molecule has 0 fully saturated rings. The van der Waals surface area contributed by atoms with Crippen LogP contribution in [0.25, 0.3) is 43.5 Å². The number of anilines is 1. The Morgan fingerprint density at radius 3 is 1.86 bits per heavy atom. The standard InChI is InChI=1S/C60H61N9O5/c61-48(33-44-36-64-50-22-10-7-19-46(44)50)59(73)69-54(32-39-25-26-40-16-4-5-18-42(40)31-39)60(74)68-53(34-45-37-65-51-23-11-8-20-47(45)51)55(70)35-43(30-38-14-2-1-3-15-38)58(72)67-52(57(62)71)24-12-13-29-63-56-28-27-41-17-6-9-21-49(41)66-56/h1-11,14-23,25-28,31,36-37,43,48,52-54,64-65H,12-13,24,29-30,32-35,61H2,(H2,62,71)(H,63,66)(H,67,72)(H,68,74)(H,69,73)/t43-,48+,52-,53-,54+/m0/s1. The molecule has 3 aromatic heterocycles. The number of carbonyl (C=O) groups is 5. The highest BCUT2D eigenvalue weighted by molar-refractivity contribution is 5.97. The molecule has 0 bridgehead atoms. The Bertz CT molecular complexity index is 3420. The second kappa shape index (κ2) is 23.7. The van der Waals surface area contributed by atoms with E-state index in [-0.39, 0.29) is 38.5 Å². The fraction of sp³-hybridized carbons (Fsp3) is 0.233. The highest BCUT2D eigenvalue weighted by Gasteiger charge is 2.33. The van der Waals surface area contributed by atoms with Crippen molar-refractivity contribution in [3.05, 3.63) is 192 Å². The molecule has 9 aromatic rings. The maximum Gasteiger partial charge on any atom is 0.243 e. The summed E-state index contributed by atoms with van der Waals surface area (Å²) >= 11 is 0. The van der Waals surface area contributed by atoms with Crippen molar-refractivity contribution < 1.29 is 24.0 Å². The summed E-state index contributed by atoms with van der Waals surface area (Å²) in [7, 11) is 0. The predicted octanol–water partition coefficient (Wildman–Crippen LogP) is 7.75.